The van der Waals surface area contributed by atoms with Gasteiger partial charge >= 0.3 is 0 Å². The largest absolute Gasteiger partial charge is 0.359 e. The normalized spacial score (nSPS) is 20.9. The fourth-order valence-corrected chi connectivity index (χ4v) is 2.79. The van der Waals surface area contributed by atoms with Crippen LogP contribution in [0.4, 0.5) is 0 Å². The predicted octanol–water partition coefficient (Wildman–Crippen LogP) is 2.47. The van der Waals surface area contributed by atoms with Crippen LogP contribution < -0.4 is 5.43 Å². The smallest absolute Gasteiger partial charge is 0.273 e. The molecule has 1 aromatic rings. The molecular weight excluding hydrogens is 238 g/mol. The molecule has 1 aliphatic heterocycles. The van der Waals surface area contributed by atoms with E-state index in [0.29, 0.717) is 5.92 Å². The van der Waals surface area contributed by atoms with Crippen molar-refractivity contribution in [1.29, 1.82) is 0 Å². The molecule has 2 aliphatic rings. The zero-order valence-corrected chi connectivity index (χ0v) is 11.6. The lowest BCUT2D eigenvalue weighted by molar-refractivity contribution is -0.116. The topological polar surface area (TPSA) is 57.2 Å². The highest BCUT2D eigenvalue weighted by Crippen LogP contribution is 2.35. The summed E-state index contributed by atoms with van der Waals surface area (Å²) in [4.78, 5) is 15.3. The minimum Gasteiger partial charge on any atom is -0.359 e. The first-order chi connectivity index (χ1) is 9.11. The highest BCUT2D eigenvalue weighted by atomic mass is 16.2. The summed E-state index contributed by atoms with van der Waals surface area (Å²) in [5.41, 5.74) is 9.06. The Morgan fingerprint density at radius 3 is 2.68 bits per heavy atom. The summed E-state index contributed by atoms with van der Waals surface area (Å²) in [6.45, 7) is 6.34. The number of amides is 1. The molecule has 1 amide bonds. The Labute approximate surface area is 113 Å². The molecule has 0 radical (unpaired) electrons. The maximum absolute atomic E-state index is 11.9. The molecule has 4 nitrogen and oxygen atoms in total. The van der Waals surface area contributed by atoms with E-state index in [1.165, 1.54) is 16.8 Å². The van der Waals surface area contributed by atoms with Gasteiger partial charge in [-0.25, -0.2) is 5.43 Å². The minimum atomic E-state index is -0.0772. The van der Waals surface area contributed by atoms with Crippen molar-refractivity contribution in [2.45, 2.75) is 40.0 Å². The first-order valence-corrected chi connectivity index (χ1v) is 6.89. The number of aromatic nitrogens is 1. The number of hydrazone groups is 1. The summed E-state index contributed by atoms with van der Waals surface area (Å²) in [7, 11) is 0. The summed E-state index contributed by atoms with van der Waals surface area (Å²) < 4.78 is 0. The Hall–Kier alpha value is -1.84. The van der Waals surface area contributed by atoms with E-state index in [1.807, 2.05) is 6.08 Å². The van der Waals surface area contributed by atoms with Crippen molar-refractivity contribution in [2.24, 2.45) is 11.0 Å². The Morgan fingerprint density at radius 1 is 1.37 bits per heavy atom. The molecule has 100 valence electrons. The Balaban J connectivity index is 2.00. The molecule has 2 N–H and O–H groups in total. The summed E-state index contributed by atoms with van der Waals surface area (Å²) in [6, 6.07) is 0. The zero-order valence-electron chi connectivity index (χ0n) is 11.6. The van der Waals surface area contributed by atoms with Crippen molar-refractivity contribution in [3.63, 3.8) is 0 Å². The number of rotatable bonds is 3. The second kappa shape index (κ2) is 4.37. The van der Waals surface area contributed by atoms with E-state index < -0.39 is 0 Å². The number of aromatic amines is 1. The van der Waals surface area contributed by atoms with E-state index in [-0.39, 0.29) is 5.91 Å². The zero-order chi connectivity index (χ0) is 13.6. The Bertz CT molecular complexity index is 603. The highest BCUT2D eigenvalue weighted by Gasteiger charge is 2.35. The van der Waals surface area contributed by atoms with Gasteiger partial charge in [-0.2, -0.15) is 5.10 Å². The third-order valence-corrected chi connectivity index (χ3v) is 4.04. The van der Waals surface area contributed by atoms with Gasteiger partial charge in [0.25, 0.3) is 5.91 Å². The van der Waals surface area contributed by atoms with Crippen LogP contribution in [0.2, 0.25) is 0 Å². The summed E-state index contributed by atoms with van der Waals surface area (Å²) in [5.74, 6) is 0.402. The van der Waals surface area contributed by atoms with Gasteiger partial charge in [0.15, 0.2) is 0 Å². The molecule has 1 saturated carbocycles. The highest BCUT2D eigenvalue weighted by molar-refractivity contribution is 6.28. The van der Waals surface area contributed by atoms with Gasteiger partial charge in [-0.3, -0.25) is 4.79 Å². The van der Waals surface area contributed by atoms with E-state index >= 15 is 0 Å². The lowest BCUT2D eigenvalue weighted by Gasteiger charge is -1.99. The molecule has 1 aliphatic carbocycles. The van der Waals surface area contributed by atoms with Crippen molar-refractivity contribution >= 4 is 17.7 Å². The van der Waals surface area contributed by atoms with E-state index in [1.54, 1.807) is 0 Å². The molecule has 0 bridgehead atoms. The maximum atomic E-state index is 11.9. The second-order valence-corrected chi connectivity index (χ2v) is 5.39. The van der Waals surface area contributed by atoms with Crippen LogP contribution in [0.25, 0.3) is 6.08 Å². The molecular formula is C15H19N3O. The molecule has 1 fully saturated rings. The molecule has 1 aromatic heterocycles. The number of nitrogens with zero attached hydrogens (tertiary/aromatic N) is 1. The molecule has 3 rings (SSSR count). The lowest BCUT2D eigenvalue weighted by atomic mass is 10.0. The van der Waals surface area contributed by atoms with Crippen LogP contribution in [0.3, 0.4) is 0 Å². The monoisotopic (exact) mass is 257 g/mol. The van der Waals surface area contributed by atoms with E-state index in [4.69, 9.17) is 0 Å². The molecule has 2 heterocycles. The number of nitrogens with one attached hydrogen (secondary N) is 2. The van der Waals surface area contributed by atoms with Crippen molar-refractivity contribution in [3.05, 3.63) is 28.1 Å². The van der Waals surface area contributed by atoms with Crippen molar-refractivity contribution in [3.8, 4) is 0 Å². The Morgan fingerprint density at radius 2 is 2.11 bits per heavy atom. The van der Waals surface area contributed by atoms with Crippen LogP contribution in [0.1, 0.15) is 42.3 Å². The third kappa shape index (κ3) is 2.01. The van der Waals surface area contributed by atoms with Gasteiger partial charge in [-0.1, -0.05) is 6.92 Å². The number of hydrogen-bond acceptors (Lipinski definition) is 2. The number of carbonyl (C=O) groups excluding carboxylic acids is 1. The molecule has 0 unspecified atom stereocenters. The SMILES string of the molecule is CCc1c(C)[nH]c(C=C2C(=O)NN=C2C2CC2)c1C. The Kier molecular flexibility index (Phi) is 2.81. The van der Waals surface area contributed by atoms with Gasteiger partial charge < -0.3 is 4.98 Å². The maximum Gasteiger partial charge on any atom is 0.273 e. The fourth-order valence-electron chi connectivity index (χ4n) is 2.79. The van der Waals surface area contributed by atoms with Gasteiger partial charge in [0.1, 0.15) is 0 Å². The number of carbonyl (C=O) groups is 1. The molecule has 0 saturated heterocycles. The van der Waals surface area contributed by atoms with E-state index in [9.17, 15) is 4.79 Å². The lowest BCUT2D eigenvalue weighted by Crippen LogP contribution is -2.13. The molecule has 4 heteroatoms. The van der Waals surface area contributed by atoms with Gasteiger partial charge in [-0.15, -0.1) is 0 Å². The molecule has 19 heavy (non-hydrogen) atoms. The van der Waals surface area contributed by atoms with Gasteiger partial charge in [0.05, 0.1) is 11.3 Å². The summed E-state index contributed by atoms with van der Waals surface area (Å²) >= 11 is 0. The number of aryl methyl sites for hydroxylation is 1. The number of H-pyrrole nitrogens is 1. The average Bonchev–Trinajstić information content (AvgIpc) is 3.10. The van der Waals surface area contributed by atoms with Crippen LogP contribution in [-0.4, -0.2) is 16.6 Å². The molecule has 0 atom stereocenters. The first-order valence-electron chi connectivity index (χ1n) is 6.89. The van der Waals surface area contributed by atoms with Gasteiger partial charge in [-0.05, 0) is 50.3 Å². The molecule has 0 spiro atoms. The second-order valence-electron chi connectivity index (χ2n) is 5.39. The third-order valence-electron chi connectivity index (χ3n) is 4.04. The summed E-state index contributed by atoms with van der Waals surface area (Å²) in [5, 5.41) is 4.17. The first kappa shape index (κ1) is 12.2. The minimum absolute atomic E-state index is 0.0772. The van der Waals surface area contributed by atoms with E-state index in [0.717, 1.165) is 36.2 Å². The van der Waals surface area contributed by atoms with E-state index in [2.05, 4.69) is 36.3 Å². The molecule has 0 aromatic carbocycles. The predicted molar refractivity (Wildman–Crippen MR) is 75.9 cm³/mol. The van der Waals surface area contributed by atoms with Crippen LogP contribution in [0, 0.1) is 19.8 Å². The van der Waals surface area contributed by atoms with Crippen molar-refractivity contribution in [2.75, 3.05) is 0 Å². The van der Waals surface area contributed by atoms with Gasteiger partial charge in [0, 0.05) is 17.3 Å². The van der Waals surface area contributed by atoms with Crippen LogP contribution in [-0.2, 0) is 11.2 Å². The van der Waals surface area contributed by atoms with Crippen molar-refractivity contribution in [1.82, 2.24) is 10.4 Å². The average molecular weight is 257 g/mol. The van der Waals surface area contributed by atoms with Crippen LogP contribution in [0.5, 0.6) is 0 Å². The summed E-state index contributed by atoms with van der Waals surface area (Å²) in [6.07, 6.45) is 5.26. The standard InChI is InChI=1S/C15H19N3O/c1-4-11-8(2)13(16-9(11)3)7-12-14(10-5-6-10)17-18-15(12)19/h7,10,16H,4-6H2,1-3H3,(H,18,19). The quantitative estimate of drug-likeness (QED) is 0.803. The van der Waals surface area contributed by atoms with Crippen molar-refractivity contribution < 1.29 is 4.79 Å². The van der Waals surface area contributed by atoms with Gasteiger partial charge in [0.2, 0.25) is 0 Å². The van der Waals surface area contributed by atoms with Crippen LogP contribution >= 0.6 is 0 Å². The number of hydrogen-bond donors (Lipinski definition) is 2. The van der Waals surface area contributed by atoms with Crippen LogP contribution in [0.15, 0.2) is 10.7 Å². The fraction of sp³-hybridized carbons (Fsp3) is 0.467.